The van der Waals surface area contributed by atoms with Crippen molar-refractivity contribution in [2.45, 2.75) is 155 Å². The zero-order valence-electron chi connectivity index (χ0n) is 37.6. The Morgan fingerprint density at radius 1 is 0.677 bits per heavy atom. The van der Waals surface area contributed by atoms with E-state index in [1.807, 2.05) is 6.26 Å². The van der Waals surface area contributed by atoms with Gasteiger partial charge in [-0.15, -0.1) is 0 Å². The Balaban J connectivity index is 3.02. The van der Waals surface area contributed by atoms with Gasteiger partial charge in [-0.3, -0.25) is 38.4 Å². The van der Waals surface area contributed by atoms with E-state index in [1.54, 1.807) is 41.5 Å². The van der Waals surface area contributed by atoms with Gasteiger partial charge in [0.1, 0.15) is 48.3 Å². The Bertz CT molecular complexity index is 1570. The Kier molecular flexibility index (Phi) is 24.4. The van der Waals surface area contributed by atoms with Crippen LogP contribution in [0.2, 0.25) is 0 Å². The maximum absolute atomic E-state index is 13.6. The van der Waals surface area contributed by atoms with Gasteiger partial charge in [-0.2, -0.15) is 24.4 Å². The monoisotopic (exact) mass is 917 g/mol. The standard InChI is InChI=1S/C40H71N9O11S2/c1-19(2)16-26(34(53)47-28(18-61)35(54)46-27(40(59)60)17-20(3)4)45-38(57)31(24(9)50)48-32(51)22(7)42-36(55)29-12-11-14-49(29)39(58)23(8)43-33(52)25(13-15-62-10)44-37(56)30(41)21(5)6/h19-31,50,61H,11-18,41H2,1-10H3,(H,42,55)(H,43,52)(H,44,56)(H,45,57)(H,46,54)(H,47,53)(H,48,51)(H,59,60)/t22-,23-,24+,25-,26-,27-,28-,29-,30-,31-/m0/s1. The predicted molar refractivity (Wildman–Crippen MR) is 237 cm³/mol. The van der Waals surface area contributed by atoms with Gasteiger partial charge < -0.3 is 58.1 Å². The second-order valence-corrected chi connectivity index (χ2v) is 18.3. The number of nitrogens with one attached hydrogen (secondary N) is 7. The van der Waals surface area contributed by atoms with Crippen molar-refractivity contribution in [1.82, 2.24) is 42.1 Å². The number of nitrogens with two attached hydrogens (primary N) is 1. The van der Waals surface area contributed by atoms with Crippen molar-refractivity contribution in [2.24, 2.45) is 23.5 Å². The fourth-order valence-corrected chi connectivity index (χ4v) is 7.19. The minimum Gasteiger partial charge on any atom is -0.480 e. The van der Waals surface area contributed by atoms with Crippen molar-refractivity contribution < 1.29 is 53.4 Å². The SMILES string of the molecule is CSCC[C@H](NC(=O)[C@@H](N)C(C)C)C(=O)N[C@@H](C)C(=O)N1CCC[C@H]1C(=O)N[C@@H](C)C(=O)N[C@H](C(=O)N[C@@H](CC(C)C)C(=O)N[C@@H](CS)C(=O)N[C@@H](CC(C)C)C(=O)O)[C@@H](C)O. The molecule has 0 aliphatic carbocycles. The van der Waals surface area contributed by atoms with Gasteiger partial charge in [0.05, 0.1) is 12.1 Å². The number of hydrogen-bond donors (Lipinski definition) is 11. The molecule has 62 heavy (non-hydrogen) atoms. The first kappa shape index (κ1) is 55.9. The van der Waals surface area contributed by atoms with E-state index in [9.17, 15) is 53.4 Å². The number of nitrogens with zero attached hydrogens (tertiary/aromatic N) is 1. The summed E-state index contributed by atoms with van der Waals surface area (Å²) in [5.41, 5.74) is 5.97. The van der Waals surface area contributed by atoms with Gasteiger partial charge in [-0.1, -0.05) is 41.5 Å². The van der Waals surface area contributed by atoms with Gasteiger partial charge in [-0.25, -0.2) is 4.79 Å². The number of amides is 8. The van der Waals surface area contributed by atoms with E-state index in [0.29, 0.717) is 12.2 Å². The number of aliphatic carboxylic acids is 1. The van der Waals surface area contributed by atoms with Crippen LogP contribution in [0.5, 0.6) is 0 Å². The van der Waals surface area contributed by atoms with E-state index in [1.165, 1.54) is 37.4 Å². The average molecular weight is 918 g/mol. The summed E-state index contributed by atoms with van der Waals surface area (Å²) in [6, 6.07) is -10.4. The summed E-state index contributed by atoms with van der Waals surface area (Å²) in [5.74, 6) is -6.94. The Morgan fingerprint density at radius 3 is 1.71 bits per heavy atom. The summed E-state index contributed by atoms with van der Waals surface area (Å²) in [4.78, 5) is 119. The van der Waals surface area contributed by atoms with Crippen LogP contribution in [-0.4, -0.2) is 153 Å². The van der Waals surface area contributed by atoms with Gasteiger partial charge >= 0.3 is 5.97 Å². The van der Waals surface area contributed by atoms with E-state index >= 15 is 0 Å². The van der Waals surface area contributed by atoms with Gasteiger partial charge in [0.15, 0.2) is 0 Å². The summed E-state index contributed by atoms with van der Waals surface area (Å²) in [5, 5.41) is 37.8. The number of hydrogen-bond acceptors (Lipinski definition) is 13. The number of carboxylic acids is 1. The summed E-state index contributed by atoms with van der Waals surface area (Å²) in [6.07, 6.45) is 1.61. The van der Waals surface area contributed by atoms with E-state index < -0.39 is 114 Å². The Morgan fingerprint density at radius 2 is 1.19 bits per heavy atom. The highest BCUT2D eigenvalue weighted by molar-refractivity contribution is 7.98. The van der Waals surface area contributed by atoms with Crippen LogP contribution in [0.3, 0.4) is 0 Å². The smallest absolute Gasteiger partial charge is 0.326 e. The molecule has 1 aliphatic heterocycles. The Hall–Kier alpha value is -4.15. The fraction of sp³-hybridized carbons (Fsp3) is 0.775. The maximum Gasteiger partial charge on any atom is 0.326 e. The molecule has 1 rings (SSSR count). The van der Waals surface area contributed by atoms with Gasteiger partial charge in [0.2, 0.25) is 47.3 Å². The number of rotatable bonds is 26. The molecule has 1 fully saturated rings. The normalized spacial score (nSPS) is 18.3. The number of likely N-dealkylation sites (tertiary alicyclic amines) is 1. The van der Waals surface area contributed by atoms with Crippen LogP contribution in [0.15, 0.2) is 0 Å². The van der Waals surface area contributed by atoms with Crippen LogP contribution in [0, 0.1) is 17.8 Å². The molecule has 0 aromatic rings. The number of aliphatic hydroxyl groups excluding tert-OH is 1. The zero-order chi connectivity index (χ0) is 47.6. The number of aliphatic hydroxyl groups is 1. The lowest BCUT2D eigenvalue weighted by Crippen LogP contribution is -2.61. The van der Waals surface area contributed by atoms with Gasteiger partial charge in [0, 0.05) is 12.3 Å². The number of carboxylic acid groups (broad SMARTS) is 1. The first-order chi connectivity index (χ1) is 28.9. The van der Waals surface area contributed by atoms with Crippen molar-refractivity contribution in [3.05, 3.63) is 0 Å². The average Bonchev–Trinajstić information content (AvgIpc) is 3.68. The van der Waals surface area contributed by atoms with Gasteiger partial charge in [0.25, 0.3) is 0 Å². The minimum atomic E-state index is -1.60. The van der Waals surface area contributed by atoms with Crippen molar-refractivity contribution in [3.8, 4) is 0 Å². The molecule has 1 saturated heterocycles. The van der Waals surface area contributed by atoms with Crippen LogP contribution in [0.25, 0.3) is 0 Å². The van der Waals surface area contributed by atoms with Crippen molar-refractivity contribution in [1.29, 1.82) is 0 Å². The minimum absolute atomic E-state index is 0.0511. The summed E-state index contributed by atoms with van der Waals surface area (Å²) in [7, 11) is 0. The van der Waals surface area contributed by atoms with E-state index in [4.69, 9.17) is 5.73 Å². The topological polar surface area (TPSA) is 308 Å². The number of carbonyl (C=O) groups is 9. The highest BCUT2D eigenvalue weighted by Gasteiger charge is 2.39. The summed E-state index contributed by atoms with van der Waals surface area (Å²) >= 11 is 5.63. The number of thiol groups is 1. The molecule has 0 bridgehead atoms. The van der Waals surface area contributed by atoms with Crippen molar-refractivity contribution in [3.63, 3.8) is 0 Å². The number of thioether (sulfide) groups is 1. The lowest BCUT2D eigenvalue weighted by molar-refractivity contribution is -0.142. The lowest BCUT2D eigenvalue weighted by atomic mass is 10.0. The molecule has 1 heterocycles. The molecule has 0 radical (unpaired) electrons. The fourth-order valence-electron chi connectivity index (χ4n) is 6.46. The molecule has 20 nitrogen and oxygen atoms in total. The molecule has 0 aromatic heterocycles. The summed E-state index contributed by atoms with van der Waals surface area (Å²) in [6.45, 7) is 15.0. The number of carbonyl (C=O) groups excluding carboxylic acids is 8. The second kappa shape index (κ2) is 27.1. The second-order valence-electron chi connectivity index (χ2n) is 17.0. The zero-order valence-corrected chi connectivity index (χ0v) is 39.3. The van der Waals surface area contributed by atoms with Crippen LogP contribution >= 0.6 is 24.4 Å². The first-order valence-corrected chi connectivity index (χ1v) is 23.1. The van der Waals surface area contributed by atoms with Crippen molar-refractivity contribution in [2.75, 3.05) is 24.3 Å². The molecule has 22 heteroatoms. The molecule has 10 atom stereocenters. The maximum atomic E-state index is 13.6. The lowest BCUT2D eigenvalue weighted by Gasteiger charge is -2.30. The van der Waals surface area contributed by atoms with Gasteiger partial charge in [-0.05, 0) is 82.6 Å². The molecule has 1 aliphatic rings. The first-order valence-electron chi connectivity index (χ1n) is 21.1. The molecular formula is C40H71N9O11S2. The highest BCUT2D eigenvalue weighted by atomic mass is 32.2. The Labute approximate surface area is 374 Å². The molecule has 0 spiro atoms. The molecule has 0 unspecified atom stereocenters. The molecule has 354 valence electrons. The predicted octanol–water partition coefficient (Wildman–Crippen LogP) is -1.37. The van der Waals surface area contributed by atoms with Crippen LogP contribution in [0.1, 0.15) is 94.4 Å². The molecule has 0 aromatic carbocycles. The third-order valence-corrected chi connectivity index (χ3v) is 11.1. The molecular weight excluding hydrogens is 847 g/mol. The van der Waals surface area contributed by atoms with E-state index in [2.05, 4.69) is 49.8 Å². The van der Waals surface area contributed by atoms with E-state index in [-0.39, 0.29) is 55.7 Å². The van der Waals surface area contributed by atoms with Crippen LogP contribution < -0.4 is 43.0 Å². The third-order valence-electron chi connectivity index (χ3n) is 10.1. The molecule has 11 N–H and O–H groups in total. The van der Waals surface area contributed by atoms with E-state index in [0.717, 1.165) is 0 Å². The van der Waals surface area contributed by atoms with Crippen LogP contribution in [0.4, 0.5) is 0 Å². The molecule has 8 amide bonds. The summed E-state index contributed by atoms with van der Waals surface area (Å²) < 4.78 is 0. The third kappa shape index (κ3) is 18.3. The van der Waals surface area contributed by atoms with Crippen molar-refractivity contribution >= 4 is 77.6 Å². The largest absolute Gasteiger partial charge is 0.480 e. The highest BCUT2D eigenvalue weighted by Crippen LogP contribution is 2.19. The van der Waals surface area contributed by atoms with Crippen LogP contribution in [-0.2, 0) is 43.2 Å². The quantitative estimate of drug-likeness (QED) is 0.0448. The molecule has 0 saturated carbocycles.